The van der Waals surface area contributed by atoms with Gasteiger partial charge in [-0.2, -0.15) is 5.10 Å². The Morgan fingerprint density at radius 2 is 2.14 bits per heavy atom. The molecule has 0 amide bonds. The molecule has 0 bridgehead atoms. The van der Waals surface area contributed by atoms with Crippen molar-refractivity contribution in [1.29, 1.82) is 0 Å². The van der Waals surface area contributed by atoms with Crippen molar-refractivity contribution in [2.75, 3.05) is 13.2 Å². The summed E-state index contributed by atoms with van der Waals surface area (Å²) in [6.07, 6.45) is 2.38. The van der Waals surface area contributed by atoms with Crippen molar-refractivity contribution in [3.63, 3.8) is 0 Å². The van der Waals surface area contributed by atoms with Gasteiger partial charge in [0.15, 0.2) is 12.3 Å². The summed E-state index contributed by atoms with van der Waals surface area (Å²) in [5, 5.41) is 5.03. The second-order valence-corrected chi connectivity index (χ2v) is 5.98. The first-order chi connectivity index (χ1) is 13.3. The SMILES string of the molecule is C=N/C(OCC(F)F)=C(C)\C=C(/C)Cn1cc2c(C(=O)OCC)nccc2n1. The molecule has 0 aliphatic heterocycles. The number of rotatable bonds is 9. The van der Waals surface area contributed by atoms with Gasteiger partial charge < -0.3 is 9.47 Å². The largest absolute Gasteiger partial charge is 0.471 e. The number of hydrogen-bond donors (Lipinski definition) is 0. The zero-order valence-electron chi connectivity index (χ0n) is 16.0. The number of ether oxygens (including phenoxy) is 2. The van der Waals surface area contributed by atoms with E-state index in [0.29, 0.717) is 23.0 Å². The van der Waals surface area contributed by atoms with Crippen LogP contribution in [0.1, 0.15) is 31.3 Å². The molecule has 0 atom stereocenters. The smallest absolute Gasteiger partial charge is 0.357 e. The summed E-state index contributed by atoms with van der Waals surface area (Å²) < 4.78 is 36.3. The van der Waals surface area contributed by atoms with Gasteiger partial charge in [0, 0.05) is 18.0 Å². The number of esters is 1. The molecule has 0 saturated heterocycles. The number of aliphatic imine (C=N–C) groups is 1. The molecule has 0 aliphatic rings. The highest BCUT2D eigenvalue weighted by molar-refractivity contribution is 6.01. The van der Waals surface area contributed by atoms with E-state index in [4.69, 9.17) is 9.47 Å². The minimum atomic E-state index is -2.59. The van der Waals surface area contributed by atoms with Gasteiger partial charge in [-0.1, -0.05) is 11.6 Å². The van der Waals surface area contributed by atoms with Crippen LogP contribution in [0.2, 0.25) is 0 Å². The van der Waals surface area contributed by atoms with E-state index in [9.17, 15) is 13.6 Å². The number of nitrogens with zero attached hydrogens (tertiary/aromatic N) is 4. The minimum absolute atomic E-state index is 0.0547. The third-order valence-electron chi connectivity index (χ3n) is 3.65. The van der Waals surface area contributed by atoms with E-state index in [0.717, 1.165) is 5.57 Å². The topological polar surface area (TPSA) is 78.6 Å². The van der Waals surface area contributed by atoms with Gasteiger partial charge in [0.2, 0.25) is 5.88 Å². The van der Waals surface area contributed by atoms with Crippen LogP contribution in [0, 0.1) is 0 Å². The molecule has 0 unspecified atom stereocenters. The van der Waals surface area contributed by atoms with Crippen LogP contribution < -0.4 is 0 Å². The highest BCUT2D eigenvalue weighted by atomic mass is 19.3. The van der Waals surface area contributed by atoms with Crippen LogP contribution in [0.3, 0.4) is 0 Å². The van der Waals surface area contributed by atoms with E-state index in [1.165, 1.54) is 6.20 Å². The molecule has 2 heterocycles. The van der Waals surface area contributed by atoms with E-state index >= 15 is 0 Å². The first kappa shape index (κ1) is 21.2. The van der Waals surface area contributed by atoms with E-state index in [1.54, 1.807) is 36.9 Å². The lowest BCUT2D eigenvalue weighted by atomic mass is 10.2. The fourth-order valence-electron chi connectivity index (χ4n) is 2.60. The Balaban J connectivity index is 2.23. The third-order valence-corrected chi connectivity index (χ3v) is 3.65. The van der Waals surface area contributed by atoms with Crippen LogP contribution in [0.25, 0.3) is 10.9 Å². The van der Waals surface area contributed by atoms with Crippen LogP contribution in [-0.2, 0) is 16.0 Å². The summed E-state index contributed by atoms with van der Waals surface area (Å²) >= 11 is 0. The van der Waals surface area contributed by atoms with E-state index < -0.39 is 19.0 Å². The predicted octanol–water partition coefficient (Wildman–Crippen LogP) is 3.77. The minimum Gasteiger partial charge on any atom is -0.471 e. The number of fused-ring (bicyclic) bond motifs is 1. The lowest BCUT2D eigenvalue weighted by molar-refractivity contribution is 0.0475. The first-order valence-corrected chi connectivity index (χ1v) is 8.60. The Kier molecular flexibility index (Phi) is 7.36. The van der Waals surface area contributed by atoms with E-state index in [2.05, 4.69) is 21.8 Å². The fourth-order valence-corrected chi connectivity index (χ4v) is 2.60. The number of pyridine rings is 1. The number of aromatic nitrogens is 3. The highest BCUT2D eigenvalue weighted by Gasteiger charge is 2.15. The molecule has 0 saturated carbocycles. The quantitative estimate of drug-likeness (QED) is 0.281. The molecule has 150 valence electrons. The zero-order chi connectivity index (χ0) is 20.7. The molecule has 7 nitrogen and oxygen atoms in total. The van der Waals surface area contributed by atoms with Gasteiger partial charge in [-0.15, -0.1) is 0 Å². The first-order valence-electron chi connectivity index (χ1n) is 8.60. The molecule has 0 radical (unpaired) electrons. The second kappa shape index (κ2) is 9.72. The summed E-state index contributed by atoms with van der Waals surface area (Å²) in [6.45, 7) is 8.55. The number of hydrogen-bond acceptors (Lipinski definition) is 6. The summed E-state index contributed by atoms with van der Waals surface area (Å²) in [5.41, 5.74) is 2.27. The Morgan fingerprint density at radius 1 is 1.39 bits per heavy atom. The number of halogens is 2. The maximum Gasteiger partial charge on any atom is 0.357 e. The monoisotopic (exact) mass is 392 g/mol. The predicted molar refractivity (Wildman–Crippen MR) is 101 cm³/mol. The standard InChI is InChI=1S/C19H22F2N4O3/c1-5-27-19(26)17-14-10-25(24-15(14)6-7-23-17)9-12(2)8-13(3)18(22-4)28-11-16(20)21/h6-8,10,16H,4-5,9,11H2,1-3H3/b12-8+,18-13+. The van der Waals surface area contributed by atoms with Gasteiger partial charge in [-0.05, 0) is 33.6 Å². The van der Waals surface area contributed by atoms with Crippen molar-refractivity contribution in [2.24, 2.45) is 4.99 Å². The Morgan fingerprint density at radius 3 is 2.79 bits per heavy atom. The molecule has 28 heavy (non-hydrogen) atoms. The Hall–Kier alpha value is -3.10. The van der Waals surface area contributed by atoms with Crippen molar-refractivity contribution in [1.82, 2.24) is 14.8 Å². The maximum atomic E-state index is 12.3. The number of allylic oxidation sites excluding steroid dienone is 3. The van der Waals surface area contributed by atoms with Gasteiger partial charge in [0.05, 0.1) is 24.1 Å². The molecule has 0 aliphatic carbocycles. The van der Waals surface area contributed by atoms with Crippen LogP contribution in [0.5, 0.6) is 0 Å². The Labute approximate surface area is 161 Å². The molecule has 2 aromatic rings. The van der Waals surface area contributed by atoms with Crippen molar-refractivity contribution in [3.8, 4) is 0 Å². The lowest BCUT2D eigenvalue weighted by Crippen LogP contribution is -2.07. The van der Waals surface area contributed by atoms with Crippen LogP contribution in [0.4, 0.5) is 8.78 Å². The Bertz CT molecular complexity index is 919. The van der Waals surface area contributed by atoms with E-state index in [1.807, 2.05) is 6.92 Å². The summed E-state index contributed by atoms with van der Waals surface area (Å²) in [4.78, 5) is 19.8. The summed E-state index contributed by atoms with van der Waals surface area (Å²) in [6, 6.07) is 1.71. The van der Waals surface area contributed by atoms with Gasteiger partial charge in [0.25, 0.3) is 6.43 Å². The van der Waals surface area contributed by atoms with Crippen LogP contribution >= 0.6 is 0 Å². The average molecular weight is 392 g/mol. The summed E-state index contributed by atoms with van der Waals surface area (Å²) in [7, 11) is 0. The number of carbonyl (C=O) groups is 1. The molecule has 2 aromatic heterocycles. The number of carbonyl (C=O) groups excluding carboxylic acids is 1. The third kappa shape index (κ3) is 5.45. The van der Waals surface area contributed by atoms with Gasteiger partial charge in [-0.25, -0.2) is 23.6 Å². The van der Waals surface area contributed by atoms with Crippen LogP contribution in [-0.4, -0.2) is 47.1 Å². The normalized spacial score (nSPS) is 12.9. The van der Waals surface area contributed by atoms with Crippen molar-refractivity contribution >= 4 is 23.6 Å². The summed E-state index contributed by atoms with van der Waals surface area (Å²) in [5.74, 6) is -0.448. The van der Waals surface area contributed by atoms with Crippen molar-refractivity contribution in [2.45, 2.75) is 33.7 Å². The molecule has 9 heteroatoms. The molecular formula is C19H22F2N4O3. The highest BCUT2D eigenvalue weighted by Crippen LogP contribution is 2.18. The molecule has 0 spiro atoms. The van der Waals surface area contributed by atoms with Gasteiger partial charge in [0.1, 0.15) is 0 Å². The van der Waals surface area contributed by atoms with Crippen molar-refractivity contribution in [3.05, 3.63) is 47.3 Å². The lowest BCUT2D eigenvalue weighted by Gasteiger charge is -2.08. The van der Waals surface area contributed by atoms with Crippen LogP contribution in [0.15, 0.2) is 46.6 Å². The van der Waals surface area contributed by atoms with Gasteiger partial charge in [-0.3, -0.25) is 4.68 Å². The second-order valence-electron chi connectivity index (χ2n) is 5.98. The molecule has 0 N–H and O–H groups in total. The molecule has 0 fully saturated rings. The number of alkyl halides is 2. The van der Waals surface area contributed by atoms with E-state index in [-0.39, 0.29) is 18.2 Å². The molecule has 2 rings (SSSR count). The fraction of sp³-hybridized carbons (Fsp3) is 0.368. The maximum absolute atomic E-state index is 12.3. The van der Waals surface area contributed by atoms with Crippen molar-refractivity contribution < 1.29 is 23.0 Å². The molecular weight excluding hydrogens is 370 g/mol. The molecule has 0 aromatic carbocycles. The van der Waals surface area contributed by atoms with Gasteiger partial charge >= 0.3 is 5.97 Å². The zero-order valence-corrected chi connectivity index (χ0v) is 16.0. The average Bonchev–Trinajstić information content (AvgIpc) is 3.03.